The van der Waals surface area contributed by atoms with E-state index < -0.39 is 12.1 Å². The third-order valence-electron chi connectivity index (χ3n) is 6.43. The van der Waals surface area contributed by atoms with E-state index in [1.807, 2.05) is 6.07 Å². The molecule has 1 aliphatic heterocycles. The molecule has 38 heavy (non-hydrogen) atoms. The van der Waals surface area contributed by atoms with E-state index in [0.717, 1.165) is 38.0 Å². The number of fused-ring (bicyclic) bond motifs is 1. The third-order valence-corrected chi connectivity index (χ3v) is 6.43. The standard InChI is InChI=1S/C29H40N2O6.CH4/c1-3-4-16-30-20-24(29(34)22-12-15-26-27(19-22)37-18-17-36-26)31-28(33)9-7-5-6-8-25(32)21-10-13-23(35-2)14-11-21;/h10-15,19,24,29-30,34H,3-9,16-18,20H2,1-2H3,(H,31,33);1H4/t24-,29?;/m1./s1. The number of amides is 1. The van der Waals surface area contributed by atoms with Gasteiger partial charge < -0.3 is 30.0 Å². The first-order chi connectivity index (χ1) is 18.0. The van der Waals surface area contributed by atoms with Crippen LogP contribution in [0, 0.1) is 0 Å². The van der Waals surface area contributed by atoms with Crippen LogP contribution in [0.2, 0.25) is 0 Å². The number of unbranched alkanes of at least 4 members (excludes halogenated alkanes) is 3. The number of nitrogens with one attached hydrogen (secondary N) is 2. The van der Waals surface area contributed by atoms with Gasteiger partial charge in [-0.3, -0.25) is 9.59 Å². The van der Waals surface area contributed by atoms with E-state index in [-0.39, 0.29) is 19.1 Å². The third kappa shape index (κ3) is 9.65. The van der Waals surface area contributed by atoms with E-state index >= 15 is 0 Å². The van der Waals surface area contributed by atoms with E-state index in [4.69, 9.17) is 14.2 Å². The Balaban J connectivity index is 0.00000507. The molecule has 0 fully saturated rings. The van der Waals surface area contributed by atoms with Crippen molar-refractivity contribution in [3.05, 3.63) is 53.6 Å². The lowest BCUT2D eigenvalue weighted by molar-refractivity contribution is -0.122. The highest BCUT2D eigenvalue weighted by molar-refractivity contribution is 5.96. The molecule has 2 aromatic rings. The molecule has 0 aromatic heterocycles. The second-order valence-electron chi connectivity index (χ2n) is 9.29. The summed E-state index contributed by atoms with van der Waals surface area (Å²) in [5.41, 5.74) is 1.34. The minimum atomic E-state index is -0.893. The van der Waals surface area contributed by atoms with Crippen LogP contribution in [0.25, 0.3) is 0 Å². The van der Waals surface area contributed by atoms with Crippen LogP contribution in [-0.4, -0.2) is 56.3 Å². The molecule has 0 saturated carbocycles. The Kier molecular flexibility index (Phi) is 13.7. The average molecular weight is 529 g/mol. The van der Waals surface area contributed by atoms with Gasteiger partial charge in [0.1, 0.15) is 25.1 Å². The van der Waals surface area contributed by atoms with Gasteiger partial charge in [0.25, 0.3) is 0 Å². The van der Waals surface area contributed by atoms with Gasteiger partial charge in [0, 0.05) is 24.9 Å². The molecule has 0 aliphatic carbocycles. The summed E-state index contributed by atoms with van der Waals surface area (Å²) in [6, 6.07) is 12.0. The molecule has 2 aromatic carbocycles. The predicted octanol–water partition coefficient (Wildman–Crippen LogP) is 4.84. The number of hydrogen-bond donors (Lipinski definition) is 3. The number of ether oxygens (including phenoxy) is 3. The number of carbonyl (C=O) groups excluding carboxylic acids is 2. The summed E-state index contributed by atoms with van der Waals surface area (Å²) in [6.07, 6.45) is 4.16. The summed E-state index contributed by atoms with van der Waals surface area (Å²) < 4.78 is 16.4. The molecule has 210 valence electrons. The lowest BCUT2D eigenvalue weighted by Gasteiger charge is -2.26. The molecule has 8 nitrogen and oxygen atoms in total. The van der Waals surface area contributed by atoms with Crippen molar-refractivity contribution in [2.75, 3.05) is 33.4 Å². The van der Waals surface area contributed by atoms with Gasteiger partial charge in [-0.05, 0) is 67.8 Å². The number of Topliss-reactive ketones (excluding diaryl/α,β-unsaturated/α-hetero) is 1. The second kappa shape index (κ2) is 16.7. The number of benzene rings is 2. The van der Waals surface area contributed by atoms with Crippen LogP contribution in [0.15, 0.2) is 42.5 Å². The van der Waals surface area contributed by atoms with Gasteiger partial charge in [-0.2, -0.15) is 0 Å². The van der Waals surface area contributed by atoms with Crippen molar-refractivity contribution in [3.8, 4) is 17.2 Å². The number of rotatable bonds is 16. The fraction of sp³-hybridized carbons (Fsp3) is 0.533. The normalized spacial score (nSPS) is 13.7. The molecule has 1 unspecified atom stereocenters. The van der Waals surface area contributed by atoms with Crippen LogP contribution in [0.3, 0.4) is 0 Å². The van der Waals surface area contributed by atoms with Crippen LogP contribution in [0.4, 0.5) is 0 Å². The Hall–Kier alpha value is -3.10. The van der Waals surface area contributed by atoms with Crippen LogP contribution in [0.1, 0.15) is 81.3 Å². The Bertz CT molecular complexity index is 995. The molecule has 8 heteroatoms. The zero-order chi connectivity index (χ0) is 26.5. The molecule has 1 aliphatic rings. The molecule has 0 spiro atoms. The summed E-state index contributed by atoms with van der Waals surface area (Å²) in [7, 11) is 1.59. The molecule has 2 atom stereocenters. The van der Waals surface area contributed by atoms with Crippen LogP contribution < -0.4 is 24.8 Å². The van der Waals surface area contributed by atoms with E-state index in [1.54, 1.807) is 43.5 Å². The van der Waals surface area contributed by atoms with Gasteiger partial charge in [0.15, 0.2) is 17.3 Å². The number of carbonyl (C=O) groups is 2. The molecule has 1 amide bonds. The molecule has 3 N–H and O–H groups in total. The smallest absolute Gasteiger partial charge is 0.220 e. The minimum Gasteiger partial charge on any atom is -0.497 e. The van der Waals surface area contributed by atoms with Crippen molar-refractivity contribution >= 4 is 11.7 Å². The highest BCUT2D eigenvalue weighted by atomic mass is 16.6. The SMILES string of the molecule is C.CCCCNC[C@@H](NC(=O)CCCCCC(=O)c1ccc(OC)cc1)C(O)c1ccc2c(c1)OCCO2. The molecule has 1 heterocycles. The monoisotopic (exact) mass is 528 g/mol. The summed E-state index contributed by atoms with van der Waals surface area (Å²) in [4.78, 5) is 25.1. The van der Waals surface area contributed by atoms with E-state index in [2.05, 4.69) is 17.6 Å². The lowest BCUT2D eigenvalue weighted by Crippen LogP contribution is -2.46. The number of hydrogen-bond acceptors (Lipinski definition) is 7. The summed E-state index contributed by atoms with van der Waals surface area (Å²) in [6.45, 7) is 4.37. The van der Waals surface area contributed by atoms with Crippen LogP contribution >= 0.6 is 0 Å². The molecular weight excluding hydrogens is 484 g/mol. The molecule has 3 rings (SSSR count). The van der Waals surface area contributed by atoms with Gasteiger partial charge >= 0.3 is 0 Å². The zero-order valence-corrected chi connectivity index (χ0v) is 22.0. The summed E-state index contributed by atoms with van der Waals surface area (Å²) in [5.74, 6) is 1.97. The topological polar surface area (TPSA) is 106 Å². The van der Waals surface area contributed by atoms with E-state index in [1.165, 1.54) is 0 Å². The molecular formula is C30H44N2O6. The zero-order valence-electron chi connectivity index (χ0n) is 22.0. The Morgan fingerprint density at radius 2 is 1.68 bits per heavy atom. The van der Waals surface area contributed by atoms with Crippen molar-refractivity contribution in [2.24, 2.45) is 0 Å². The van der Waals surface area contributed by atoms with E-state index in [0.29, 0.717) is 61.6 Å². The second-order valence-corrected chi connectivity index (χ2v) is 9.29. The first-order valence-corrected chi connectivity index (χ1v) is 13.3. The van der Waals surface area contributed by atoms with Crippen LogP contribution in [0.5, 0.6) is 17.2 Å². The maximum absolute atomic E-state index is 12.7. The minimum absolute atomic E-state index is 0. The Labute approximate surface area is 227 Å². The van der Waals surface area contributed by atoms with Crippen molar-refractivity contribution in [1.82, 2.24) is 10.6 Å². The molecule has 0 bridgehead atoms. The van der Waals surface area contributed by atoms with Crippen molar-refractivity contribution in [2.45, 2.75) is 71.4 Å². The number of aliphatic hydroxyl groups excluding tert-OH is 1. The van der Waals surface area contributed by atoms with Crippen molar-refractivity contribution in [3.63, 3.8) is 0 Å². The molecule has 0 saturated heterocycles. The maximum atomic E-state index is 12.7. The van der Waals surface area contributed by atoms with Gasteiger partial charge in [-0.1, -0.05) is 33.3 Å². The fourth-order valence-electron chi connectivity index (χ4n) is 4.23. The van der Waals surface area contributed by atoms with Gasteiger partial charge in [-0.15, -0.1) is 0 Å². The van der Waals surface area contributed by atoms with Gasteiger partial charge in [0.2, 0.25) is 5.91 Å². The number of ketones is 1. The highest BCUT2D eigenvalue weighted by Crippen LogP contribution is 2.33. The fourth-order valence-corrected chi connectivity index (χ4v) is 4.23. The quantitative estimate of drug-likeness (QED) is 0.211. The van der Waals surface area contributed by atoms with Crippen molar-refractivity contribution in [1.29, 1.82) is 0 Å². The lowest BCUT2D eigenvalue weighted by atomic mass is 10.0. The van der Waals surface area contributed by atoms with E-state index in [9.17, 15) is 14.7 Å². The highest BCUT2D eigenvalue weighted by Gasteiger charge is 2.24. The van der Waals surface area contributed by atoms with Gasteiger partial charge in [-0.25, -0.2) is 0 Å². The Morgan fingerprint density at radius 1 is 0.974 bits per heavy atom. The Morgan fingerprint density at radius 3 is 2.39 bits per heavy atom. The number of methoxy groups -OCH3 is 1. The average Bonchev–Trinajstić information content (AvgIpc) is 2.93. The summed E-state index contributed by atoms with van der Waals surface area (Å²) >= 11 is 0. The number of aliphatic hydroxyl groups is 1. The van der Waals surface area contributed by atoms with Crippen LogP contribution in [-0.2, 0) is 4.79 Å². The van der Waals surface area contributed by atoms with Crippen molar-refractivity contribution < 1.29 is 28.9 Å². The molecule has 0 radical (unpaired) electrons. The first-order valence-electron chi connectivity index (χ1n) is 13.3. The summed E-state index contributed by atoms with van der Waals surface area (Å²) in [5, 5.41) is 17.4. The predicted molar refractivity (Wildman–Crippen MR) is 149 cm³/mol. The largest absolute Gasteiger partial charge is 0.497 e. The van der Waals surface area contributed by atoms with Gasteiger partial charge in [0.05, 0.1) is 13.2 Å². The first kappa shape index (κ1) is 31.1. The maximum Gasteiger partial charge on any atom is 0.220 e.